The number of rotatable bonds is 3. The summed E-state index contributed by atoms with van der Waals surface area (Å²) in [5.74, 6) is 0.345. The molecule has 2 aliphatic rings. The number of nitrogens with zero attached hydrogens (tertiary/aromatic N) is 2. The predicted molar refractivity (Wildman–Crippen MR) is 80.0 cm³/mol. The highest BCUT2D eigenvalue weighted by molar-refractivity contribution is 5.79. The second-order valence-corrected chi connectivity index (χ2v) is 6.30. The van der Waals surface area contributed by atoms with E-state index < -0.39 is 11.9 Å². The second kappa shape index (κ2) is 6.37. The Balaban J connectivity index is 1.51. The highest BCUT2D eigenvalue weighted by Gasteiger charge is 2.32. The second-order valence-electron chi connectivity index (χ2n) is 6.30. The van der Waals surface area contributed by atoms with Crippen molar-refractivity contribution in [2.24, 2.45) is 5.92 Å². The van der Waals surface area contributed by atoms with Crippen molar-refractivity contribution in [3.8, 4) is 0 Å². The van der Waals surface area contributed by atoms with E-state index in [0.717, 1.165) is 38.2 Å². The maximum Gasteiger partial charge on any atom is 0.433 e. The minimum atomic E-state index is -4.41. The molecular formula is C16H20F3N3O. The summed E-state index contributed by atoms with van der Waals surface area (Å²) in [7, 11) is 0. The molecule has 0 aromatic carbocycles. The third-order valence-corrected chi connectivity index (χ3v) is 4.72. The topological polar surface area (TPSA) is 45.2 Å². The Morgan fingerprint density at radius 2 is 1.87 bits per heavy atom. The first-order valence-electron chi connectivity index (χ1n) is 8.02. The molecule has 0 bridgehead atoms. The molecule has 1 aliphatic heterocycles. The van der Waals surface area contributed by atoms with Crippen molar-refractivity contribution in [2.45, 2.75) is 44.3 Å². The first-order chi connectivity index (χ1) is 10.9. The number of hydrogen-bond donors (Lipinski definition) is 1. The molecule has 0 spiro atoms. The highest BCUT2D eigenvalue weighted by atomic mass is 19.4. The Morgan fingerprint density at radius 3 is 2.35 bits per heavy atom. The number of pyridine rings is 1. The SMILES string of the molecule is O=C(NC1CCN(c2ccc(C(F)(F)F)nc2)CC1)C1CCC1. The number of carbonyl (C=O) groups is 1. The lowest BCUT2D eigenvalue weighted by molar-refractivity contribution is -0.141. The van der Waals surface area contributed by atoms with Crippen molar-refractivity contribution in [1.82, 2.24) is 10.3 Å². The van der Waals surface area contributed by atoms with Crippen molar-refractivity contribution < 1.29 is 18.0 Å². The Hall–Kier alpha value is -1.79. The summed E-state index contributed by atoms with van der Waals surface area (Å²) >= 11 is 0. The molecule has 126 valence electrons. The van der Waals surface area contributed by atoms with E-state index in [1.54, 1.807) is 0 Å². The van der Waals surface area contributed by atoms with Gasteiger partial charge >= 0.3 is 6.18 Å². The van der Waals surface area contributed by atoms with Crippen molar-refractivity contribution in [3.05, 3.63) is 24.0 Å². The lowest BCUT2D eigenvalue weighted by Gasteiger charge is -2.35. The fourth-order valence-corrected chi connectivity index (χ4v) is 3.01. The number of amides is 1. The van der Waals surface area contributed by atoms with Gasteiger partial charge in [0.15, 0.2) is 0 Å². The molecule has 7 heteroatoms. The zero-order chi connectivity index (χ0) is 16.4. The van der Waals surface area contributed by atoms with E-state index in [9.17, 15) is 18.0 Å². The van der Waals surface area contributed by atoms with Crippen LogP contribution in [0.25, 0.3) is 0 Å². The molecule has 3 rings (SSSR count). The molecule has 1 amide bonds. The maximum atomic E-state index is 12.5. The van der Waals surface area contributed by atoms with Crippen molar-refractivity contribution in [1.29, 1.82) is 0 Å². The molecule has 1 aliphatic carbocycles. The summed E-state index contributed by atoms with van der Waals surface area (Å²) in [4.78, 5) is 17.4. The van der Waals surface area contributed by atoms with Gasteiger partial charge in [-0.05, 0) is 37.8 Å². The molecule has 23 heavy (non-hydrogen) atoms. The normalized spacial score (nSPS) is 20.2. The predicted octanol–water partition coefficient (Wildman–Crippen LogP) is 2.99. The van der Waals surface area contributed by atoms with Gasteiger partial charge in [0.1, 0.15) is 5.69 Å². The number of hydrogen-bond acceptors (Lipinski definition) is 3. The van der Waals surface area contributed by atoms with Gasteiger partial charge in [-0.2, -0.15) is 13.2 Å². The number of anilines is 1. The minimum Gasteiger partial charge on any atom is -0.370 e. The first-order valence-corrected chi connectivity index (χ1v) is 8.02. The molecule has 1 aromatic rings. The van der Waals surface area contributed by atoms with Crippen LogP contribution >= 0.6 is 0 Å². The average Bonchev–Trinajstić information content (AvgIpc) is 2.45. The molecular weight excluding hydrogens is 307 g/mol. The Kier molecular flexibility index (Phi) is 4.46. The lowest BCUT2D eigenvalue weighted by Crippen LogP contribution is -2.47. The zero-order valence-corrected chi connectivity index (χ0v) is 12.8. The van der Waals surface area contributed by atoms with Crippen molar-refractivity contribution >= 4 is 11.6 Å². The van der Waals surface area contributed by atoms with Gasteiger partial charge in [0.05, 0.1) is 11.9 Å². The number of nitrogens with one attached hydrogen (secondary N) is 1. The summed E-state index contributed by atoms with van der Waals surface area (Å²) in [6.07, 6.45) is 1.59. The quantitative estimate of drug-likeness (QED) is 0.928. The Labute approximate surface area is 133 Å². The van der Waals surface area contributed by atoms with Crippen LogP contribution in [-0.2, 0) is 11.0 Å². The summed E-state index contributed by atoms with van der Waals surface area (Å²) in [6.45, 7) is 1.42. The zero-order valence-electron chi connectivity index (χ0n) is 12.8. The van der Waals surface area contributed by atoms with Crippen LogP contribution in [0, 0.1) is 5.92 Å². The van der Waals surface area contributed by atoms with Crippen LogP contribution in [0.4, 0.5) is 18.9 Å². The lowest BCUT2D eigenvalue weighted by atomic mass is 9.84. The van der Waals surface area contributed by atoms with E-state index in [1.165, 1.54) is 12.3 Å². The summed E-state index contributed by atoms with van der Waals surface area (Å²) in [5, 5.41) is 3.09. The van der Waals surface area contributed by atoms with E-state index in [1.807, 2.05) is 4.90 Å². The summed E-state index contributed by atoms with van der Waals surface area (Å²) in [5.41, 5.74) is -0.175. The van der Waals surface area contributed by atoms with E-state index in [-0.39, 0.29) is 17.9 Å². The molecule has 1 saturated carbocycles. The fourth-order valence-electron chi connectivity index (χ4n) is 3.01. The molecule has 4 nitrogen and oxygen atoms in total. The average molecular weight is 327 g/mol. The van der Waals surface area contributed by atoms with E-state index in [4.69, 9.17) is 0 Å². The standard InChI is InChI=1S/C16H20F3N3O/c17-16(18,19)14-5-4-13(10-20-14)22-8-6-12(7-9-22)21-15(23)11-2-1-3-11/h4-5,10-12H,1-3,6-9H2,(H,21,23). The molecule has 1 aromatic heterocycles. The van der Waals surface area contributed by atoms with Crippen LogP contribution in [0.5, 0.6) is 0 Å². The molecule has 2 heterocycles. The molecule has 1 N–H and O–H groups in total. The Bertz CT molecular complexity index is 547. The number of carbonyl (C=O) groups excluding carboxylic acids is 1. The number of piperidine rings is 1. The largest absolute Gasteiger partial charge is 0.433 e. The third-order valence-electron chi connectivity index (χ3n) is 4.72. The van der Waals surface area contributed by atoms with Gasteiger partial charge < -0.3 is 10.2 Å². The van der Waals surface area contributed by atoms with Gasteiger partial charge in [-0.25, -0.2) is 4.98 Å². The molecule has 1 saturated heterocycles. The van der Waals surface area contributed by atoms with Gasteiger partial charge in [0.25, 0.3) is 0 Å². The number of aromatic nitrogens is 1. The summed E-state index contributed by atoms with van der Waals surface area (Å²) < 4.78 is 37.6. The van der Waals surface area contributed by atoms with E-state index >= 15 is 0 Å². The fraction of sp³-hybridized carbons (Fsp3) is 0.625. The summed E-state index contributed by atoms with van der Waals surface area (Å²) in [6, 6.07) is 2.64. The van der Waals surface area contributed by atoms with Gasteiger partial charge in [-0.15, -0.1) is 0 Å². The van der Waals surface area contributed by atoms with Gasteiger partial charge in [0, 0.05) is 25.0 Å². The number of alkyl halides is 3. The van der Waals surface area contributed by atoms with Crippen LogP contribution in [0.3, 0.4) is 0 Å². The molecule has 0 unspecified atom stereocenters. The van der Waals surface area contributed by atoms with Gasteiger partial charge in [-0.3, -0.25) is 4.79 Å². The maximum absolute atomic E-state index is 12.5. The smallest absolute Gasteiger partial charge is 0.370 e. The van der Waals surface area contributed by atoms with Crippen LogP contribution < -0.4 is 10.2 Å². The van der Waals surface area contributed by atoms with Crippen LogP contribution in [0.1, 0.15) is 37.8 Å². The minimum absolute atomic E-state index is 0.158. The van der Waals surface area contributed by atoms with Gasteiger partial charge in [-0.1, -0.05) is 6.42 Å². The van der Waals surface area contributed by atoms with Crippen LogP contribution in [0.15, 0.2) is 18.3 Å². The molecule has 2 fully saturated rings. The third kappa shape index (κ3) is 3.76. The van der Waals surface area contributed by atoms with E-state index in [2.05, 4.69) is 10.3 Å². The monoisotopic (exact) mass is 327 g/mol. The van der Waals surface area contributed by atoms with Crippen LogP contribution in [0.2, 0.25) is 0 Å². The number of halogens is 3. The van der Waals surface area contributed by atoms with E-state index in [0.29, 0.717) is 18.8 Å². The van der Waals surface area contributed by atoms with Gasteiger partial charge in [0.2, 0.25) is 5.91 Å². The van der Waals surface area contributed by atoms with Crippen LogP contribution in [-0.4, -0.2) is 30.0 Å². The molecule has 0 radical (unpaired) electrons. The van der Waals surface area contributed by atoms with Crippen molar-refractivity contribution in [2.75, 3.05) is 18.0 Å². The first kappa shape index (κ1) is 16.1. The van der Waals surface area contributed by atoms with Crippen molar-refractivity contribution in [3.63, 3.8) is 0 Å². The Morgan fingerprint density at radius 1 is 1.17 bits per heavy atom. The molecule has 0 atom stereocenters. The highest BCUT2D eigenvalue weighted by Crippen LogP contribution is 2.29.